The van der Waals surface area contributed by atoms with Crippen LogP contribution in [0.25, 0.3) is 0 Å². The highest BCUT2D eigenvalue weighted by atomic mass is 19.1. The predicted octanol–water partition coefficient (Wildman–Crippen LogP) is 2.73. The largest absolute Gasteiger partial charge is 0.486 e. The standard InChI is InChI=1S/C17H12F2N2O3/c18-10-4-5-11(13(19)8-10)14(9-20)21-17(22)12-2-1-3-15-16(12)24-7-6-23-15/h1-5,8,14H,6-7H2,(H,21,22)/t14-/m1/s1. The second kappa shape index (κ2) is 6.54. The maximum absolute atomic E-state index is 13.8. The first-order chi connectivity index (χ1) is 11.6. The molecule has 1 N–H and O–H groups in total. The minimum absolute atomic E-state index is 0.116. The third-order valence-electron chi connectivity index (χ3n) is 3.49. The van der Waals surface area contributed by atoms with Gasteiger partial charge in [-0.05, 0) is 18.2 Å². The van der Waals surface area contributed by atoms with Gasteiger partial charge in [-0.3, -0.25) is 4.79 Å². The monoisotopic (exact) mass is 330 g/mol. The molecule has 0 aliphatic carbocycles. The van der Waals surface area contributed by atoms with Crippen molar-refractivity contribution in [1.82, 2.24) is 5.32 Å². The zero-order chi connectivity index (χ0) is 17.1. The Kier molecular flexibility index (Phi) is 4.29. The number of hydrogen-bond donors (Lipinski definition) is 1. The Labute approximate surface area is 136 Å². The van der Waals surface area contributed by atoms with Crippen LogP contribution < -0.4 is 14.8 Å². The molecule has 0 bridgehead atoms. The summed E-state index contributed by atoms with van der Waals surface area (Å²) in [5, 5.41) is 11.6. The van der Waals surface area contributed by atoms with E-state index in [0.717, 1.165) is 12.1 Å². The molecular weight excluding hydrogens is 318 g/mol. The van der Waals surface area contributed by atoms with E-state index in [1.54, 1.807) is 18.2 Å². The Bertz CT molecular complexity index is 833. The molecule has 2 aromatic rings. The van der Waals surface area contributed by atoms with E-state index in [9.17, 15) is 18.8 Å². The van der Waals surface area contributed by atoms with Crippen LogP contribution in [0.4, 0.5) is 8.78 Å². The topological polar surface area (TPSA) is 71.4 Å². The van der Waals surface area contributed by atoms with Crippen LogP contribution in [-0.4, -0.2) is 19.1 Å². The Hall–Kier alpha value is -3.14. The molecule has 3 rings (SSSR count). The van der Waals surface area contributed by atoms with Gasteiger partial charge in [0.2, 0.25) is 0 Å². The number of nitrogens with zero attached hydrogens (tertiary/aromatic N) is 1. The molecule has 0 radical (unpaired) electrons. The summed E-state index contributed by atoms with van der Waals surface area (Å²) in [5.41, 5.74) is 0.0594. The number of carbonyl (C=O) groups is 1. The van der Waals surface area contributed by atoms with Crippen LogP contribution in [-0.2, 0) is 0 Å². The molecule has 0 saturated heterocycles. The molecule has 0 unspecified atom stereocenters. The third-order valence-corrected chi connectivity index (χ3v) is 3.49. The minimum Gasteiger partial charge on any atom is -0.486 e. The Morgan fingerprint density at radius 3 is 2.75 bits per heavy atom. The van der Waals surface area contributed by atoms with Gasteiger partial charge < -0.3 is 14.8 Å². The van der Waals surface area contributed by atoms with Crippen molar-refractivity contribution in [2.45, 2.75) is 6.04 Å². The first-order valence-electron chi connectivity index (χ1n) is 7.14. The molecule has 1 heterocycles. The van der Waals surface area contributed by atoms with E-state index in [2.05, 4.69) is 5.32 Å². The van der Waals surface area contributed by atoms with Crippen LogP contribution in [0.1, 0.15) is 22.0 Å². The summed E-state index contributed by atoms with van der Waals surface area (Å²) in [6, 6.07) is 8.12. The van der Waals surface area contributed by atoms with Crippen LogP contribution in [0, 0.1) is 23.0 Å². The fraction of sp³-hybridized carbons (Fsp3) is 0.176. The second-order valence-electron chi connectivity index (χ2n) is 5.03. The number of carbonyl (C=O) groups excluding carboxylic acids is 1. The van der Waals surface area contributed by atoms with E-state index in [-0.39, 0.29) is 16.9 Å². The molecule has 0 saturated carbocycles. The number of ether oxygens (including phenoxy) is 2. The summed E-state index contributed by atoms with van der Waals surface area (Å²) in [4.78, 5) is 12.4. The van der Waals surface area contributed by atoms with Gasteiger partial charge in [-0.15, -0.1) is 0 Å². The molecule has 0 fully saturated rings. The van der Waals surface area contributed by atoms with Crippen LogP contribution in [0.15, 0.2) is 36.4 Å². The van der Waals surface area contributed by atoms with E-state index in [4.69, 9.17) is 9.47 Å². The summed E-state index contributed by atoms with van der Waals surface area (Å²) in [6.45, 7) is 0.672. The smallest absolute Gasteiger partial charge is 0.256 e. The predicted molar refractivity (Wildman–Crippen MR) is 79.6 cm³/mol. The lowest BCUT2D eigenvalue weighted by Crippen LogP contribution is -2.29. The summed E-state index contributed by atoms with van der Waals surface area (Å²) in [6.07, 6.45) is 0. The Balaban J connectivity index is 1.87. The zero-order valence-corrected chi connectivity index (χ0v) is 12.4. The molecule has 24 heavy (non-hydrogen) atoms. The van der Waals surface area contributed by atoms with Gasteiger partial charge in [-0.1, -0.05) is 12.1 Å². The highest BCUT2D eigenvalue weighted by Crippen LogP contribution is 2.33. The lowest BCUT2D eigenvalue weighted by Gasteiger charge is -2.21. The van der Waals surface area contributed by atoms with Crippen molar-refractivity contribution in [3.63, 3.8) is 0 Å². The van der Waals surface area contributed by atoms with Gasteiger partial charge in [0, 0.05) is 11.6 Å². The number of rotatable bonds is 3. The second-order valence-corrected chi connectivity index (χ2v) is 5.03. The van der Waals surface area contributed by atoms with Crippen LogP contribution >= 0.6 is 0 Å². The van der Waals surface area contributed by atoms with E-state index in [1.165, 1.54) is 6.07 Å². The molecule has 1 atom stereocenters. The van der Waals surface area contributed by atoms with Gasteiger partial charge >= 0.3 is 0 Å². The zero-order valence-electron chi connectivity index (χ0n) is 12.4. The highest BCUT2D eigenvalue weighted by Gasteiger charge is 2.24. The average molecular weight is 330 g/mol. The molecule has 5 nitrogen and oxygen atoms in total. The van der Waals surface area contributed by atoms with E-state index in [1.807, 2.05) is 0 Å². The van der Waals surface area contributed by atoms with Crippen molar-refractivity contribution < 1.29 is 23.0 Å². The summed E-state index contributed by atoms with van der Waals surface area (Å²) in [7, 11) is 0. The third kappa shape index (κ3) is 2.99. The molecule has 1 aliphatic rings. The van der Waals surface area contributed by atoms with Gasteiger partial charge in [-0.25, -0.2) is 8.78 Å². The van der Waals surface area contributed by atoms with Gasteiger partial charge in [0.25, 0.3) is 5.91 Å². The van der Waals surface area contributed by atoms with Gasteiger partial charge in [0.15, 0.2) is 11.5 Å². The minimum atomic E-state index is -1.27. The quantitative estimate of drug-likeness (QED) is 0.939. The van der Waals surface area contributed by atoms with Crippen molar-refractivity contribution in [2.24, 2.45) is 0 Å². The van der Waals surface area contributed by atoms with Crippen LogP contribution in [0.3, 0.4) is 0 Å². The molecule has 1 amide bonds. The molecule has 0 spiro atoms. The highest BCUT2D eigenvalue weighted by molar-refractivity contribution is 5.98. The average Bonchev–Trinajstić information content (AvgIpc) is 2.59. The molecular formula is C17H12F2N2O3. The molecule has 1 aliphatic heterocycles. The summed E-state index contributed by atoms with van der Waals surface area (Å²) >= 11 is 0. The SMILES string of the molecule is N#C[C@@H](NC(=O)c1cccc2c1OCCO2)c1ccc(F)cc1F. The van der Waals surface area contributed by atoms with Crippen LogP contribution in [0.5, 0.6) is 11.5 Å². The van der Waals surface area contributed by atoms with Crippen molar-refractivity contribution >= 4 is 5.91 Å². The lowest BCUT2D eigenvalue weighted by atomic mass is 10.1. The maximum atomic E-state index is 13.8. The number of amides is 1. The van der Waals surface area contributed by atoms with E-state index >= 15 is 0 Å². The van der Waals surface area contributed by atoms with Crippen molar-refractivity contribution in [2.75, 3.05) is 13.2 Å². The number of nitriles is 1. The van der Waals surface area contributed by atoms with Gasteiger partial charge in [-0.2, -0.15) is 5.26 Å². The maximum Gasteiger partial charge on any atom is 0.256 e. The number of halogens is 2. The number of benzene rings is 2. The fourth-order valence-electron chi connectivity index (χ4n) is 2.38. The number of hydrogen-bond acceptors (Lipinski definition) is 4. The normalized spacial score (nSPS) is 13.7. The molecule has 7 heteroatoms. The van der Waals surface area contributed by atoms with Gasteiger partial charge in [0.1, 0.15) is 30.9 Å². The van der Waals surface area contributed by atoms with Crippen molar-refractivity contribution in [1.29, 1.82) is 5.26 Å². The van der Waals surface area contributed by atoms with Crippen molar-refractivity contribution in [3.05, 3.63) is 59.2 Å². The number of nitrogens with one attached hydrogen (secondary N) is 1. The first-order valence-corrected chi connectivity index (χ1v) is 7.14. The van der Waals surface area contributed by atoms with Gasteiger partial charge in [0.05, 0.1) is 11.6 Å². The Morgan fingerprint density at radius 1 is 1.21 bits per heavy atom. The molecule has 2 aromatic carbocycles. The fourth-order valence-corrected chi connectivity index (χ4v) is 2.38. The van der Waals surface area contributed by atoms with Crippen LogP contribution in [0.2, 0.25) is 0 Å². The van der Waals surface area contributed by atoms with E-state index < -0.39 is 23.6 Å². The Morgan fingerprint density at radius 2 is 2.00 bits per heavy atom. The summed E-state index contributed by atoms with van der Waals surface area (Å²) in [5.74, 6) is -1.58. The summed E-state index contributed by atoms with van der Waals surface area (Å²) < 4.78 is 37.7. The lowest BCUT2D eigenvalue weighted by molar-refractivity contribution is 0.0933. The number of para-hydroxylation sites is 1. The number of fused-ring (bicyclic) bond motifs is 1. The first kappa shape index (κ1) is 15.7. The molecule has 122 valence electrons. The van der Waals surface area contributed by atoms with E-state index in [0.29, 0.717) is 25.0 Å². The van der Waals surface area contributed by atoms with Crippen molar-refractivity contribution in [3.8, 4) is 17.6 Å². The molecule has 0 aromatic heterocycles.